The van der Waals surface area contributed by atoms with E-state index in [1.54, 1.807) is 0 Å². The summed E-state index contributed by atoms with van der Waals surface area (Å²) in [6.07, 6.45) is 0.687. The molecule has 0 amide bonds. The lowest BCUT2D eigenvalue weighted by molar-refractivity contribution is 0.232. The van der Waals surface area contributed by atoms with E-state index < -0.39 is 0 Å². The Bertz CT molecular complexity index is 305. The second-order valence-corrected chi connectivity index (χ2v) is 3.58. The third kappa shape index (κ3) is 2.48. The van der Waals surface area contributed by atoms with E-state index in [-0.39, 0.29) is 6.61 Å². The molecule has 2 heteroatoms. The molecule has 0 spiro atoms. The second-order valence-electron chi connectivity index (χ2n) is 3.58. The average Bonchev–Trinajstić information content (AvgIpc) is 2.18. The van der Waals surface area contributed by atoms with Gasteiger partial charge in [-0.1, -0.05) is 12.1 Å². The first kappa shape index (κ1) is 11.1. The van der Waals surface area contributed by atoms with Crippen LogP contribution in [0, 0.1) is 20.8 Å². The molecule has 1 N–H and O–H groups in total. The van der Waals surface area contributed by atoms with E-state index in [9.17, 15) is 0 Å². The van der Waals surface area contributed by atoms with Crippen LogP contribution in [0.3, 0.4) is 0 Å². The highest BCUT2D eigenvalue weighted by Crippen LogP contribution is 2.25. The molecular weight excluding hydrogens is 176 g/mol. The Morgan fingerprint density at radius 1 is 1.14 bits per heavy atom. The maximum Gasteiger partial charge on any atom is 0.125 e. The number of hydrogen-bond donors (Lipinski definition) is 1. The summed E-state index contributed by atoms with van der Waals surface area (Å²) in [6, 6.07) is 4.17. The van der Waals surface area contributed by atoms with Crippen molar-refractivity contribution in [1.29, 1.82) is 0 Å². The largest absolute Gasteiger partial charge is 0.493 e. The number of benzene rings is 1. The monoisotopic (exact) mass is 194 g/mol. The highest BCUT2D eigenvalue weighted by molar-refractivity contribution is 5.44. The molecule has 0 saturated heterocycles. The van der Waals surface area contributed by atoms with Crippen molar-refractivity contribution in [2.24, 2.45) is 0 Å². The summed E-state index contributed by atoms with van der Waals surface area (Å²) in [7, 11) is 0. The smallest absolute Gasteiger partial charge is 0.125 e. The van der Waals surface area contributed by atoms with Gasteiger partial charge in [0.2, 0.25) is 0 Å². The van der Waals surface area contributed by atoms with Crippen molar-refractivity contribution in [3.63, 3.8) is 0 Å². The lowest BCUT2D eigenvalue weighted by Crippen LogP contribution is -2.03. The Hall–Kier alpha value is -1.02. The van der Waals surface area contributed by atoms with E-state index in [1.807, 2.05) is 6.92 Å². The molecule has 0 heterocycles. The predicted octanol–water partition coefficient (Wildman–Crippen LogP) is 2.37. The Balaban J connectivity index is 2.79. The Labute approximate surface area is 85.5 Å². The third-order valence-electron chi connectivity index (χ3n) is 2.42. The zero-order valence-corrected chi connectivity index (χ0v) is 9.13. The van der Waals surface area contributed by atoms with Gasteiger partial charge in [0.25, 0.3) is 0 Å². The van der Waals surface area contributed by atoms with Crippen LogP contribution in [0.5, 0.6) is 5.75 Å². The normalized spacial score (nSPS) is 10.3. The molecule has 1 aromatic rings. The molecule has 0 radical (unpaired) electrons. The van der Waals surface area contributed by atoms with Gasteiger partial charge < -0.3 is 9.84 Å². The maximum absolute atomic E-state index is 8.66. The number of aryl methyl sites for hydroxylation is 2. The first-order chi connectivity index (χ1) is 6.66. The fourth-order valence-corrected chi connectivity index (χ4v) is 1.39. The molecule has 14 heavy (non-hydrogen) atoms. The minimum atomic E-state index is 0.184. The minimum absolute atomic E-state index is 0.184. The Morgan fingerprint density at radius 2 is 1.79 bits per heavy atom. The fourth-order valence-electron chi connectivity index (χ4n) is 1.39. The van der Waals surface area contributed by atoms with Crippen LogP contribution in [0.4, 0.5) is 0 Å². The minimum Gasteiger partial charge on any atom is -0.493 e. The molecule has 0 atom stereocenters. The number of rotatable bonds is 4. The highest BCUT2D eigenvalue weighted by atomic mass is 16.5. The van der Waals surface area contributed by atoms with E-state index in [4.69, 9.17) is 9.84 Å². The maximum atomic E-state index is 8.66. The molecule has 0 bridgehead atoms. The van der Waals surface area contributed by atoms with Crippen molar-refractivity contribution >= 4 is 0 Å². The van der Waals surface area contributed by atoms with Gasteiger partial charge in [-0.25, -0.2) is 0 Å². The van der Waals surface area contributed by atoms with E-state index >= 15 is 0 Å². The highest BCUT2D eigenvalue weighted by Gasteiger charge is 2.05. The predicted molar refractivity (Wildman–Crippen MR) is 57.9 cm³/mol. The van der Waals surface area contributed by atoms with Crippen LogP contribution >= 0.6 is 0 Å². The first-order valence-corrected chi connectivity index (χ1v) is 4.97. The molecule has 0 aliphatic heterocycles. The van der Waals surface area contributed by atoms with Gasteiger partial charge in [-0.3, -0.25) is 0 Å². The van der Waals surface area contributed by atoms with Crippen LogP contribution in [0.1, 0.15) is 23.1 Å². The first-order valence-electron chi connectivity index (χ1n) is 4.97. The number of aliphatic hydroxyl groups excluding tert-OH is 1. The fraction of sp³-hybridized carbons (Fsp3) is 0.500. The summed E-state index contributed by atoms with van der Waals surface area (Å²) >= 11 is 0. The number of aliphatic hydroxyl groups is 1. The van der Waals surface area contributed by atoms with Crippen LogP contribution in [0.25, 0.3) is 0 Å². The SMILES string of the molecule is Cc1ccc(C)c(OCCCO)c1C. The lowest BCUT2D eigenvalue weighted by atomic mass is 10.1. The zero-order chi connectivity index (χ0) is 10.6. The molecule has 78 valence electrons. The van der Waals surface area contributed by atoms with E-state index in [2.05, 4.69) is 26.0 Å². The molecule has 1 rings (SSSR count). The Kier molecular flexibility index (Phi) is 3.96. The summed E-state index contributed by atoms with van der Waals surface area (Å²) in [5.74, 6) is 0.971. The summed E-state index contributed by atoms with van der Waals surface area (Å²) in [4.78, 5) is 0. The van der Waals surface area contributed by atoms with Crippen molar-refractivity contribution in [2.45, 2.75) is 27.2 Å². The van der Waals surface area contributed by atoms with Crippen LogP contribution < -0.4 is 4.74 Å². The van der Waals surface area contributed by atoms with Crippen LogP contribution in [0.2, 0.25) is 0 Å². The second kappa shape index (κ2) is 5.01. The molecule has 0 unspecified atom stereocenters. The topological polar surface area (TPSA) is 29.5 Å². The molecule has 0 aromatic heterocycles. The average molecular weight is 194 g/mol. The lowest BCUT2D eigenvalue weighted by Gasteiger charge is -2.13. The standard InChI is InChI=1S/C12H18O2/c1-9-5-6-10(2)12(11(9)3)14-8-4-7-13/h5-6,13H,4,7-8H2,1-3H3. The van der Waals surface area contributed by atoms with Gasteiger partial charge in [-0.2, -0.15) is 0 Å². The van der Waals surface area contributed by atoms with Gasteiger partial charge in [0.15, 0.2) is 0 Å². The summed E-state index contributed by atoms with van der Waals surface area (Å²) in [5.41, 5.74) is 3.60. The van der Waals surface area contributed by atoms with Gasteiger partial charge in [-0.05, 0) is 37.5 Å². The van der Waals surface area contributed by atoms with E-state index in [0.717, 1.165) is 11.3 Å². The summed E-state index contributed by atoms with van der Waals surface area (Å²) in [5, 5.41) is 8.66. The van der Waals surface area contributed by atoms with E-state index in [0.29, 0.717) is 13.0 Å². The quantitative estimate of drug-likeness (QED) is 0.746. The molecular formula is C12H18O2. The molecule has 0 aliphatic rings. The van der Waals surface area contributed by atoms with E-state index in [1.165, 1.54) is 11.1 Å². The van der Waals surface area contributed by atoms with Gasteiger partial charge in [0, 0.05) is 13.0 Å². The number of ether oxygens (including phenoxy) is 1. The Morgan fingerprint density at radius 3 is 2.43 bits per heavy atom. The van der Waals surface area contributed by atoms with Crippen LogP contribution in [0.15, 0.2) is 12.1 Å². The molecule has 0 saturated carbocycles. The molecule has 0 fully saturated rings. The summed E-state index contributed by atoms with van der Waals surface area (Å²) < 4.78 is 5.63. The van der Waals surface area contributed by atoms with Gasteiger partial charge in [0.1, 0.15) is 5.75 Å². The van der Waals surface area contributed by atoms with Gasteiger partial charge >= 0.3 is 0 Å². The van der Waals surface area contributed by atoms with Crippen molar-refractivity contribution in [1.82, 2.24) is 0 Å². The molecule has 0 aliphatic carbocycles. The van der Waals surface area contributed by atoms with Crippen molar-refractivity contribution < 1.29 is 9.84 Å². The van der Waals surface area contributed by atoms with Gasteiger partial charge in [0.05, 0.1) is 6.61 Å². The number of hydrogen-bond acceptors (Lipinski definition) is 2. The van der Waals surface area contributed by atoms with Crippen molar-refractivity contribution in [2.75, 3.05) is 13.2 Å². The summed E-state index contributed by atoms with van der Waals surface area (Å²) in [6.45, 7) is 6.95. The molecule has 2 nitrogen and oxygen atoms in total. The zero-order valence-electron chi connectivity index (χ0n) is 9.13. The van der Waals surface area contributed by atoms with Crippen LogP contribution in [-0.4, -0.2) is 18.3 Å². The van der Waals surface area contributed by atoms with Gasteiger partial charge in [-0.15, -0.1) is 0 Å². The van der Waals surface area contributed by atoms with Crippen molar-refractivity contribution in [3.8, 4) is 5.75 Å². The molecule has 1 aromatic carbocycles. The van der Waals surface area contributed by atoms with Crippen LogP contribution in [-0.2, 0) is 0 Å². The third-order valence-corrected chi connectivity index (χ3v) is 2.42. The van der Waals surface area contributed by atoms with Crippen molar-refractivity contribution in [3.05, 3.63) is 28.8 Å².